The number of phenolic OH excluding ortho intramolecular Hbond substituents is 2. The van der Waals surface area contributed by atoms with Crippen molar-refractivity contribution >= 4 is 11.1 Å². The van der Waals surface area contributed by atoms with Crippen LogP contribution < -0.4 is 0 Å². The quantitative estimate of drug-likeness (QED) is 0.399. The summed E-state index contributed by atoms with van der Waals surface area (Å²) in [5.74, 6) is 0.395. The van der Waals surface area contributed by atoms with E-state index in [0.717, 1.165) is 34.3 Å². The van der Waals surface area contributed by atoms with Gasteiger partial charge in [-0.2, -0.15) is 0 Å². The molecule has 0 heterocycles. The fraction of sp³-hybridized carbons (Fsp3) is 0.130. The maximum atomic E-state index is 9.64. The van der Waals surface area contributed by atoms with Crippen molar-refractivity contribution in [2.24, 2.45) is 0 Å². The number of aliphatic hydroxyl groups excluding tert-OH is 1. The third kappa shape index (κ3) is 4.19. The van der Waals surface area contributed by atoms with Gasteiger partial charge in [0.2, 0.25) is 0 Å². The van der Waals surface area contributed by atoms with Gasteiger partial charge in [0.05, 0.1) is 0 Å². The Morgan fingerprint density at radius 2 is 1.07 bits per heavy atom. The fourth-order valence-corrected chi connectivity index (χ4v) is 3.15. The predicted octanol–water partition coefficient (Wildman–Crippen LogP) is 4.45. The summed E-state index contributed by atoms with van der Waals surface area (Å²) in [5.41, 5.74) is 5.37. The molecule has 3 aromatic rings. The second-order valence-electron chi connectivity index (χ2n) is 6.30. The molecule has 0 unspecified atom stereocenters. The van der Waals surface area contributed by atoms with Crippen LogP contribution in [0.15, 0.2) is 72.8 Å². The molecule has 0 radical (unpaired) electrons. The van der Waals surface area contributed by atoms with Crippen molar-refractivity contribution in [2.75, 3.05) is 0 Å². The highest BCUT2D eigenvalue weighted by atomic mass is 16.5. The largest absolute Gasteiger partial charge is 0.508 e. The number of rotatable bonds is 5. The van der Waals surface area contributed by atoms with Crippen molar-refractivity contribution in [2.45, 2.75) is 19.6 Å². The van der Waals surface area contributed by atoms with Crippen LogP contribution in [0.2, 0.25) is 0 Å². The first kappa shape index (κ1) is 18.7. The number of hydrogen-bond donors (Lipinski definition) is 4. The summed E-state index contributed by atoms with van der Waals surface area (Å²) in [6.07, 6.45) is -0.750. The van der Waals surface area contributed by atoms with Crippen LogP contribution in [0.3, 0.4) is 0 Å². The molecule has 0 atom stereocenters. The minimum absolute atomic E-state index is 0.197. The predicted molar refractivity (Wildman–Crippen MR) is 106 cm³/mol. The zero-order valence-corrected chi connectivity index (χ0v) is 15.0. The van der Waals surface area contributed by atoms with E-state index in [1.165, 1.54) is 0 Å². The van der Waals surface area contributed by atoms with Crippen LogP contribution >= 0.6 is 0 Å². The van der Waals surface area contributed by atoms with Gasteiger partial charge in [0.1, 0.15) is 11.5 Å². The Hall–Kier alpha value is -3.08. The Labute approximate surface area is 158 Å². The van der Waals surface area contributed by atoms with E-state index >= 15 is 0 Å². The van der Waals surface area contributed by atoms with Gasteiger partial charge in [0.15, 0.2) is 6.29 Å². The minimum atomic E-state index is -1.50. The van der Waals surface area contributed by atoms with Crippen LogP contribution in [0.4, 0.5) is 0 Å². The van der Waals surface area contributed by atoms with Gasteiger partial charge in [0.25, 0.3) is 0 Å². The van der Waals surface area contributed by atoms with E-state index in [1.807, 2.05) is 36.4 Å². The molecular formula is C23H22O4. The number of allylic oxidation sites excluding steroid dienone is 1. The van der Waals surface area contributed by atoms with Crippen molar-refractivity contribution in [1.29, 1.82) is 0 Å². The molecule has 0 aliphatic rings. The molecule has 0 spiro atoms. The van der Waals surface area contributed by atoms with E-state index in [-0.39, 0.29) is 11.5 Å². The summed E-state index contributed by atoms with van der Waals surface area (Å²) >= 11 is 0. The highest BCUT2D eigenvalue weighted by molar-refractivity contribution is 5.98. The van der Waals surface area contributed by atoms with Gasteiger partial charge in [-0.05, 0) is 58.5 Å². The molecule has 0 saturated heterocycles. The molecule has 27 heavy (non-hydrogen) atoms. The molecule has 0 amide bonds. The normalized spacial score (nSPS) is 10.8. The summed E-state index contributed by atoms with van der Waals surface area (Å²) in [6.45, 7) is 2.06. The van der Waals surface area contributed by atoms with Crippen molar-refractivity contribution in [3.05, 3.63) is 95.1 Å². The van der Waals surface area contributed by atoms with Crippen LogP contribution in [-0.4, -0.2) is 20.4 Å². The minimum Gasteiger partial charge on any atom is -0.508 e. The number of benzene rings is 3. The molecule has 0 aliphatic heterocycles. The van der Waals surface area contributed by atoms with Crippen LogP contribution in [-0.2, 0) is 0 Å². The van der Waals surface area contributed by atoms with E-state index in [4.69, 9.17) is 0 Å². The Morgan fingerprint density at radius 3 is 1.44 bits per heavy atom. The summed E-state index contributed by atoms with van der Waals surface area (Å²) in [6, 6.07) is 21.2. The smallest absolute Gasteiger partial charge is 0.178 e. The molecule has 0 aromatic heterocycles. The van der Waals surface area contributed by atoms with Crippen molar-refractivity contribution < 1.29 is 20.4 Å². The van der Waals surface area contributed by atoms with Crippen LogP contribution in [0, 0.1) is 0 Å². The number of aliphatic hydroxyl groups is 2. The molecule has 0 bridgehead atoms. The molecule has 3 aromatic carbocycles. The Morgan fingerprint density at radius 1 is 0.667 bits per heavy atom. The highest BCUT2D eigenvalue weighted by Crippen LogP contribution is 2.35. The van der Waals surface area contributed by atoms with Crippen molar-refractivity contribution in [1.82, 2.24) is 0 Å². The summed E-state index contributed by atoms with van der Waals surface area (Å²) in [5, 5.41) is 37.9. The SMILES string of the molecule is CCC(=C(c1ccc(O)cc1)c1ccc(O)cc1)c1ccc(C(O)O)cc1. The molecule has 0 fully saturated rings. The lowest BCUT2D eigenvalue weighted by molar-refractivity contribution is -0.0424. The lowest BCUT2D eigenvalue weighted by atomic mass is 9.88. The average molecular weight is 362 g/mol. The third-order valence-electron chi connectivity index (χ3n) is 4.52. The first-order valence-electron chi connectivity index (χ1n) is 8.78. The van der Waals surface area contributed by atoms with Crippen molar-refractivity contribution in [3.8, 4) is 11.5 Å². The molecule has 0 saturated carbocycles. The molecule has 0 aliphatic carbocycles. The van der Waals surface area contributed by atoms with Crippen LogP contribution in [0.25, 0.3) is 11.1 Å². The molecular weight excluding hydrogens is 340 g/mol. The van der Waals surface area contributed by atoms with E-state index < -0.39 is 6.29 Å². The van der Waals surface area contributed by atoms with E-state index in [2.05, 4.69) is 6.92 Å². The van der Waals surface area contributed by atoms with Crippen molar-refractivity contribution in [3.63, 3.8) is 0 Å². The van der Waals surface area contributed by atoms with Gasteiger partial charge in [-0.25, -0.2) is 0 Å². The average Bonchev–Trinajstić information content (AvgIpc) is 2.68. The lowest BCUT2D eigenvalue weighted by Gasteiger charge is -2.17. The zero-order valence-electron chi connectivity index (χ0n) is 15.0. The summed E-state index contributed by atoms with van der Waals surface area (Å²) in [4.78, 5) is 0. The third-order valence-corrected chi connectivity index (χ3v) is 4.52. The van der Waals surface area contributed by atoms with Gasteiger partial charge in [-0.15, -0.1) is 0 Å². The molecule has 3 rings (SSSR count). The fourth-order valence-electron chi connectivity index (χ4n) is 3.15. The van der Waals surface area contributed by atoms with E-state index in [0.29, 0.717) is 5.56 Å². The monoisotopic (exact) mass is 362 g/mol. The van der Waals surface area contributed by atoms with Gasteiger partial charge < -0.3 is 20.4 Å². The van der Waals surface area contributed by atoms with Gasteiger partial charge in [0, 0.05) is 5.56 Å². The maximum absolute atomic E-state index is 9.64. The maximum Gasteiger partial charge on any atom is 0.178 e. The standard InChI is InChI=1S/C23H22O4/c1-2-21(15-3-5-18(6-4-15)23(26)27)22(16-7-11-19(24)12-8-16)17-9-13-20(25)14-10-17/h3-14,23-27H,2H2,1H3. The molecule has 4 nitrogen and oxygen atoms in total. The first-order valence-corrected chi connectivity index (χ1v) is 8.78. The molecule has 138 valence electrons. The highest BCUT2D eigenvalue weighted by Gasteiger charge is 2.14. The number of phenols is 2. The van der Waals surface area contributed by atoms with Crippen LogP contribution in [0.1, 0.15) is 41.9 Å². The topological polar surface area (TPSA) is 80.9 Å². The van der Waals surface area contributed by atoms with Crippen LogP contribution in [0.5, 0.6) is 11.5 Å². The van der Waals surface area contributed by atoms with Gasteiger partial charge in [-0.3, -0.25) is 0 Å². The zero-order chi connectivity index (χ0) is 19.4. The number of hydrogen-bond acceptors (Lipinski definition) is 4. The second kappa shape index (κ2) is 8.08. The second-order valence-corrected chi connectivity index (χ2v) is 6.30. The first-order chi connectivity index (χ1) is 13.0. The molecule has 4 N–H and O–H groups in total. The summed E-state index contributed by atoms with van der Waals surface area (Å²) in [7, 11) is 0. The summed E-state index contributed by atoms with van der Waals surface area (Å²) < 4.78 is 0. The van der Waals surface area contributed by atoms with Gasteiger partial charge >= 0.3 is 0 Å². The number of aromatic hydroxyl groups is 2. The van der Waals surface area contributed by atoms with E-state index in [9.17, 15) is 20.4 Å². The molecule has 4 heteroatoms. The lowest BCUT2D eigenvalue weighted by Crippen LogP contribution is -1.97. The Balaban J connectivity index is 2.21. The van der Waals surface area contributed by atoms with Gasteiger partial charge in [-0.1, -0.05) is 55.5 Å². The Bertz CT molecular complexity index is 874. The van der Waals surface area contributed by atoms with E-state index in [1.54, 1.807) is 36.4 Å². The Kier molecular flexibility index (Phi) is 5.60.